The smallest absolute Gasteiger partial charge is 0.346 e. The van der Waals surface area contributed by atoms with E-state index in [-0.39, 0.29) is 38.8 Å². The number of carboxylic acids is 1. The van der Waals surface area contributed by atoms with Crippen LogP contribution in [0, 0.1) is 0 Å². The van der Waals surface area contributed by atoms with E-state index in [0.29, 0.717) is 0 Å². The minimum absolute atomic E-state index is 0.0274. The number of nitrogens with one attached hydrogen (secondary N) is 1. The SMILES string of the molecule is O=C(O)c1scc2[nH]c(=O)n(-c3cc(OC(CO)c4ccccc4)ccc3Cl)c(=O)c12. The highest BCUT2D eigenvalue weighted by atomic mass is 35.5. The summed E-state index contributed by atoms with van der Waals surface area (Å²) in [5.41, 5.74) is -0.671. The molecule has 0 fully saturated rings. The van der Waals surface area contributed by atoms with E-state index in [1.54, 1.807) is 18.2 Å². The Morgan fingerprint density at radius 3 is 2.61 bits per heavy atom. The normalized spacial score (nSPS) is 12.1. The van der Waals surface area contributed by atoms with Crippen molar-refractivity contribution >= 4 is 39.8 Å². The number of fused-ring (bicyclic) bond motifs is 1. The molecule has 10 heteroatoms. The molecule has 0 saturated carbocycles. The summed E-state index contributed by atoms with van der Waals surface area (Å²) >= 11 is 7.10. The van der Waals surface area contributed by atoms with Gasteiger partial charge in [-0.05, 0) is 17.7 Å². The van der Waals surface area contributed by atoms with Crippen LogP contribution in [-0.2, 0) is 0 Å². The molecule has 0 aliphatic carbocycles. The number of aromatic nitrogens is 2. The van der Waals surface area contributed by atoms with Crippen LogP contribution in [0.4, 0.5) is 0 Å². The largest absolute Gasteiger partial charge is 0.483 e. The van der Waals surface area contributed by atoms with Crippen LogP contribution in [0.5, 0.6) is 5.75 Å². The Morgan fingerprint density at radius 1 is 1.19 bits per heavy atom. The van der Waals surface area contributed by atoms with Crippen LogP contribution in [0.25, 0.3) is 16.6 Å². The summed E-state index contributed by atoms with van der Waals surface area (Å²) in [4.78, 5) is 39.5. The lowest BCUT2D eigenvalue weighted by molar-refractivity contribution is 0.0704. The Labute approximate surface area is 183 Å². The predicted octanol–water partition coefficient (Wildman–Crippen LogP) is 3.20. The molecular formula is C21H15ClN2O6S. The Morgan fingerprint density at radius 2 is 1.94 bits per heavy atom. The van der Waals surface area contributed by atoms with E-state index in [0.717, 1.165) is 21.5 Å². The molecule has 2 aromatic carbocycles. The zero-order chi connectivity index (χ0) is 22.1. The number of ether oxygens (including phenoxy) is 1. The summed E-state index contributed by atoms with van der Waals surface area (Å²) < 4.78 is 6.62. The third-order valence-electron chi connectivity index (χ3n) is 4.62. The fraction of sp³-hybridized carbons (Fsp3) is 0.0952. The van der Waals surface area contributed by atoms with Gasteiger partial charge in [-0.1, -0.05) is 41.9 Å². The zero-order valence-electron chi connectivity index (χ0n) is 15.7. The number of nitrogens with zero attached hydrogens (tertiary/aromatic N) is 1. The van der Waals surface area contributed by atoms with Crippen molar-refractivity contribution in [2.75, 3.05) is 6.61 Å². The average molecular weight is 459 g/mol. The van der Waals surface area contributed by atoms with Crippen molar-refractivity contribution in [3.8, 4) is 11.4 Å². The van der Waals surface area contributed by atoms with Gasteiger partial charge in [0.05, 0.1) is 28.2 Å². The minimum Gasteiger partial charge on any atom is -0.483 e. The molecule has 2 heterocycles. The molecule has 0 amide bonds. The Balaban J connectivity index is 1.83. The number of halogens is 1. The van der Waals surface area contributed by atoms with Gasteiger partial charge < -0.3 is 19.9 Å². The van der Waals surface area contributed by atoms with Gasteiger partial charge in [0, 0.05) is 11.4 Å². The summed E-state index contributed by atoms with van der Waals surface area (Å²) in [6, 6.07) is 13.4. The van der Waals surface area contributed by atoms with E-state index < -0.39 is 23.3 Å². The lowest BCUT2D eigenvalue weighted by Gasteiger charge is -2.18. The van der Waals surface area contributed by atoms with E-state index in [2.05, 4.69) is 4.98 Å². The molecule has 0 aliphatic heterocycles. The summed E-state index contributed by atoms with van der Waals surface area (Å²) in [7, 11) is 0. The van der Waals surface area contributed by atoms with Crippen molar-refractivity contribution in [1.29, 1.82) is 0 Å². The van der Waals surface area contributed by atoms with Gasteiger partial charge in [-0.25, -0.2) is 14.2 Å². The van der Waals surface area contributed by atoms with E-state index in [1.807, 2.05) is 18.2 Å². The maximum absolute atomic E-state index is 13.0. The number of aliphatic hydroxyl groups excluding tert-OH is 1. The minimum atomic E-state index is -1.27. The molecule has 4 rings (SSSR count). The van der Waals surface area contributed by atoms with Crippen molar-refractivity contribution in [3.05, 3.63) is 90.2 Å². The summed E-state index contributed by atoms with van der Waals surface area (Å²) in [6.07, 6.45) is -0.678. The average Bonchev–Trinajstić information content (AvgIpc) is 3.19. The third-order valence-corrected chi connectivity index (χ3v) is 5.91. The number of rotatable bonds is 6. The number of carboxylic acid groups (broad SMARTS) is 1. The van der Waals surface area contributed by atoms with Crippen LogP contribution in [-0.4, -0.2) is 32.3 Å². The molecule has 158 valence electrons. The number of aliphatic hydroxyl groups is 1. The molecule has 1 atom stereocenters. The maximum atomic E-state index is 13.0. The van der Waals surface area contributed by atoms with Gasteiger partial charge in [-0.3, -0.25) is 4.79 Å². The number of aromatic carboxylic acids is 1. The summed E-state index contributed by atoms with van der Waals surface area (Å²) in [5.74, 6) is -1.01. The molecule has 0 radical (unpaired) electrons. The van der Waals surface area contributed by atoms with Crippen LogP contribution >= 0.6 is 22.9 Å². The fourth-order valence-electron chi connectivity index (χ4n) is 3.19. The van der Waals surface area contributed by atoms with Crippen molar-refractivity contribution in [2.45, 2.75) is 6.10 Å². The van der Waals surface area contributed by atoms with Crippen molar-refractivity contribution < 1.29 is 19.7 Å². The molecular weight excluding hydrogens is 444 g/mol. The van der Waals surface area contributed by atoms with Gasteiger partial charge in [0.25, 0.3) is 5.56 Å². The topological polar surface area (TPSA) is 122 Å². The number of aromatic amines is 1. The van der Waals surface area contributed by atoms with Crippen LogP contribution in [0.3, 0.4) is 0 Å². The maximum Gasteiger partial charge on any atom is 0.346 e. The third kappa shape index (κ3) is 3.86. The zero-order valence-corrected chi connectivity index (χ0v) is 17.3. The van der Waals surface area contributed by atoms with Gasteiger partial charge >= 0.3 is 11.7 Å². The molecule has 4 aromatic rings. The molecule has 0 saturated heterocycles. The molecule has 1 unspecified atom stereocenters. The Bertz CT molecular complexity index is 1390. The second-order valence-electron chi connectivity index (χ2n) is 6.54. The molecule has 0 bridgehead atoms. The summed E-state index contributed by atoms with van der Waals surface area (Å²) in [5, 5.41) is 20.5. The van der Waals surface area contributed by atoms with E-state index >= 15 is 0 Å². The molecule has 2 aromatic heterocycles. The standard InChI is InChI=1S/C21H15ClN2O6S/c22-13-7-6-12(30-16(9-25)11-4-2-1-3-5-11)8-15(13)24-19(26)17-14(23-21(24)29)10-31-18(17)20(27)28/h1-8,10,16,25H,9H2,(H,23,29)(H,27,28). The van der Waals surface area contributed by atoms with Gasteiger partial charge in [-0.15, -0.1) is 11.3 Å². The monoisotopic (exact) mass is 458 g/mol. The fourth-order valence-corrected chi connectivity index (χ4v) is 4.22. The van der Waals surface area contributed by atoms with Gasteiger partial charge in [0.2, 0.25) is 0 Å². The van der Waals surface area contributed by atoms with Crippen LogP contribution in [0.2, 0.25) is 5.02 Å². The Hall–Kier alpha value is -3.40. The van der Waals surface area contributed by atoms with Gasteiger partial charge in [0.15, 0.2) is 0 Å². The van der Waals surface area contributed by atoms with Crippen molar-refractivity contribution in [3.63, 3.8) is 0 Å². The first-order valence-corrected chi connectivity index (χ1v) is 10.3. The molecule has 0 aliphatic rings. The molecule has 0 spiro atoms. The molecule has 8 nitrogen and oxygen atoms in total. The highest BCUT2D eigenvalue weighted by Crippen LogP contribution is 2.28. The Kier molecular flexibility index (Phi) is 5.64. The first-order valence-electron chi connectivity index (χ1n) is 9.03. The van der Waals surface area contributed by atoms with Gasteiger partial charge in [-0.2, -0.15) is 0 Å². The lowest BCUT2D eigenvalue weighted by Crippen LogP contribution is -2.34. The quantitative estimate of drug-likeness (QED) is 0.408. The summed E-state index contributed by atoms with van der Waals surface area (Å²) in [6.45, 7) is -0.300. The highest BCUT2D eigenvalue weighted by molar-refractivity contribution is 7.13. The van der Waals surface area contributed by atoms with E-state index in [1.165, 1.54) is 17.5 Å². The first-order chi connectivity index (χ1) is 14.9. The molecule has 3 N–H and O–H groups in total. The number of thiophene rings is 1. The van der Waals surface area contributed by atoms with Crippen LogP contribution < -0.4 is 16.0 Å². The number of hydrogen-bond acceptors (Lipinski definition) is 6. The first kappa shape index (κ1) is 20.9. The van der Waals surface area contributed by atoms with Crippen LogP contribution in [0.15, 0.2) is 63.5 Å². The second-order valence-corrected chi connectivity index (χ2v) is 7.83. The van der Waals surface area contributed by atoms with Crippen LogP contribution in [0.1, 0.15) is 21.3 Å². The van der Waals surface area contributed by atoms with E-state index in [9.17, 15) is 24.6 Å². The number of hydrogen-bond donors (Lipinski definition) is 3. The number of H-pyrrole nitrogens is 1. The predicted molar refractivity (Wildman–Crippen MR) is 117 cm³/mol. The number of carbonyl (C=O) groups is 1. The molecule has 31 heavy (non-hydrogen) atoms. The van der Waals surface area contributed by atoms with Crippen molar-refractivity contribution in [1.82, 2.24) is 9.55 Å². The lowest BCUT2D eigenvalue weighted by atomic mass is 10.1. The highest BCUT2D eigenvalue weighted by Gasteiger charge is 2.21. The van der Waals surface area contributed by atoms with E-state index in [4.69, 9.17) is 16.3 Å². The van der Waals surface area contributed by atoms with Crippen molar-refractivity contribution in [2.24, 2.45) is 0 Å². The van der Waals surface area contributed by atoms with Gasteiger partial charge in [0.1, 0.15) is 16.7 Å². The second kappa shape index (κ2) is 8.38. The number of benzene rings is 2.